The van der Waals surface area contributed by atoms with E-state index < -0.39 is 0 Å². The second-order valence-electron chi connectivity index (χ2n) is 2.71. The summed E-state index contributed by atoms with van der Waals surface area (Å²) in [7, 11) is 0. The van der Waals surface area contributed by atoms with Gasteiger partial charge in [-0.25, -0.2) is 0 Å². The Labute approximate surface area is 92.3 Å². The molecule has 0 bridgehead atoms. The fourth-order valence-electron chi connectivity index (χ4n) is 1.16. The average Bonchev–Trinajstić information content (AvgIpc) is 1.82. The standard InChI is InChI=1S/C9H11I.BrH/c1-6-4-7(2)9(10)8(3)5-6;/h4-5H,1-3H3;1H. The molecule has 0 amide bonds. The van der Waals surface area contributed by atoms with Crippen LogP contribution in [-0.2, 0) is 0 Å². The Hall–Kier alpha value is 0.430. The van der Waals surface area contributed by atoms with E-state index in [0.717, 1.165) is 0 Å². The van der Waals surface area contributed by atoms with Gasteiger partial charge in [0.15, 0.2) is 0 Å². The maximum atomic E-state index is 2.39. The van der Waals surface area contributed by atoms with Crippen molar-refractivity contribution in [2.24, 2.45) is 0 Å². The van der Waals surface area contributed by atoms with Gasteiger partial charge in [0, 0.05) is 3.57 Å². The van der Waals surface area contributed by atoms with Crippen molar-refractivity contribution in [1.29, 1.82) is 0 Å². The van der Waals surface area contributed by atoms with Crippen LogP contribution in [0.5, 0.6) is 0 Å². The summed E-state index contributed by atoms with van der Waals surface area (Å²) in [6.45, 7) is 6.44. The van der Waals surface area contributed by atoms with Crippen molar-refractivity contribution < 1.29 is 0 Å². The summed E-state index contributed by atoms with van der Waals surface area (Å²) >= 11 is 2.39. The highest BCUT2D eigenvalue weighted by Gasteiger charge is 1.97. The normalized spacial score (nSPS) is 9.09. The molecule has 0 unspecified atom stereocenters. The molecular formula is C9H12BrI. The topological polar surface area (TPSA) is 0 Å². The molecule has 0 N–H and O–H groups in total. The molecule has 0 aromatic heterocycles. The molecular weight excluding hydrogens is 315 g/mol. The van der Waals surface area contributed by atoms with Gasteiger partial charge in [0.1, 0.15) is 0 Å². The van der Waals surface area contributed by atoms with Crippen molar-refractivity contribution in [2.75, 3.05) is 0 Å². The second-order valence-corrected chi connectivity index (χ2v) is 3.79. The lowest BCUT2D eigenvalue weighted by atomic mass is 10.1. The van der Waals surface area contributed by atoms with Gasteiger partial charge in [-0.2, -0.15) is 0 Å². The van der Waals surface area contributed by atoms with Gasteiger partial charge in [0.25, 0.3) is 0 Å². The first-order valence-electron chi connectivity index (χ1n) is 3.34. The van der Waals surface area contributed by atoms with Crippen molar-refractivity contribution >= 4 is 39.6 Å². The molecule has 0 aliphatic rings. The van der Waals surface area contributed by atoms with Crippen molar-refractivity contribution in [3.05, 3.63) is 32.4 Å². The minimum Gasteiger partial charge on any atom is -0.114 e. The van der Waals surface area contributed by atoms with E-state index in [1.165, 1.54) is 20.3 Å². The largest absolute Gasteiger partial charge is 0.114 e. The van der Waals surface area contributed by atoms with E-state index in [1.54, 1.807) is 0 Å². The lowest BCUT2D eigenvalue weighted by Crippen LogP contribution is -1.86. The third-order valence-electron chi connectivity index (χ3n) is 1.58. The summed E-state index contributed by atoms with van der Waals surface area (Å²) < 4.78 is 1.39. The van der Waals surface area contributed by atoms with Crippen LogP contribution < -0.4 is 0 Å². The molecule has 0 saturated heterocycles. The molecule has 0 radical (unpaired) electrons. The zero-order valence-corrected chi connectivity index (χ0v) is 10.8. The molecule has 0 heterocycles. The molecule has 62 valence electrons. The average molecular weight is 327 g/mol. The zero-order chi connectivity index (χ0) is 7.72. The maximum absolute atomic E-state index is 2.39. The first-order chi connectivity index (χ1) is 4.61. The van der Waals surface area contributed by atoms with Crippen LogP contribution >= 0.6 is 39.6 Å². The van der Waals surface area contributed by atoms with Gasteiger partial charge in [-0.3, -0.25) is 0 Å². The molecule has 0 nitrogen and oxygen atoms in total. The summed E-state index contributed by atoms with van der Waals surface area (Å²) in [5.41, 5.74) is 4.13. The number of rotatable bonds is 0. The van der Waals surface area contributed by atoms with Crippen LogP contribution in [0.3, 0.4) is 0 Å². The Morgan fingerprint density at radius 1 is 1.00 bits per heavy atom. The Kier molecular flexibility index (Phi) is 4.63. The molecule has 0 saturated carbocycles. The highest BCUT2D eigenvalue weighted by atomic mass is 127. The van der Waals surface area contributed by atoms with Crippen molar-refractivity contribution in [2.45, 2.75) is 20.8 Å². The second kappa shape index (κ2) is 4.45. The number of hydrogen-bond acceptors (Lipinski definition) is 0. The first kappa shape index (κ1) is 11.4. The fraction of sp³-hybridized carbons (Fsp3) is 0.333. The quantitative estimate of drug-likeness (QED) is 0.636. The highest BCUT2D eigenvalue weighted by molar-refractivity contribution is 14.1. The zero-order valence-electron chi connectivity index (χ0n) is 6.94. The number of aryl methyl sites for hydroxylation is 3. The number of hydrogen-bond donors (Lipinski definition) is 0. The van der Waals surface area contributed by atoms with Gasteiger partial charge in [-0.05, 0) is 54.5 Å². The van der Waals surface area contributed by atoms with Crippen LogP contribution in [0.15, 0.2) is 12.1 Å². The molecule has 0 fully saturated rings. The van der Waals surface area contributed by atoms with Gasteiger partial charge < -0.3 is 0 Å². The summed E-state index contributed by atoms with van der Waals surface area (Å²) in [6.07, 6.45) is 0. The van der Waals surface area contributed by atoms with E-state index in [0.29, 0.717) is 0 Å². The molecule has 0 aliphatic carbocycles. The van der Waals surface area contributed by atoms with E-state index in [9.17, 15) is 0 Å². The summed E-state index contributed by atoms with van der Waals surface area (Å²) in [5, 5.41) is 0. The van der Waals surface area contributed by atoms with Crippen LogP contribution in [-0.4, -0.2) is 0 Å². The van der Waals surface area contributed by atoms with Crippen LogP contribution in [0, 0.1) is 24.3 Å². The van der Waals surface area contributed by atoms with Crippen molar-refractivity contribution in [3.8, 4) is 0 Å². The van der Waals surface area contributed by atoms with Crippen LogP contribution in [0.4, 0.5) is 0 Å². The van der Waals surface area contributed by atoms with Gasteiger partial charge in [0.05, 0.1) is 0 Å². The molecule has 1 aromatic rings. The molecule has 1 aromatic carbocycles. The van der Waals surface area contributed by atoms with E-state index >= 15 is 0 Å². The predicted molar refractivity (Wildman–Crippen MR) is 63.7 cm³/mol. The first-order valence-corrected chi connectivity index (χ1v) is 4.42. The van der Waals surface area contributed by atoms with E-state index in [4.69, 9.17) is 0 Å². The fourth-order valence-corrected chi connectivity index (χ4v) is 1.47. The minimum atomic E-state index is 0. The third kappa shape index (κ3) is 2.75. The molecule has 0 atom stereocenters. The predicted octanol–water partition coefficient (Wildman–Crippen LogP) is 3.79. The van der Waals surface area contributed by atoms with Crippen molar-refractivity contribution in [1.82, 2.24) is 0 Å². The minimum absolute atomic E-state index is 0. The Bertz CT molecular complexity index is 233. The summed E-state index contributed by atoms with van der Waals surface area (Å²) in [4.78, 5) is 0. The number of benzene rings is 1. The van der Waals surface area contributed by atoms with Gasteiger partial charge >= 0.3 is 0 Å². The van der Waals surface area contributed by atoms with E-state index in [1.807, 2.05) is 0 Å². The number of halogens is 2. The van der Waals surface area contributed by atoms with Gasteiger partial charge in [-0.1, -0.05) is 17.7 Å². The highest BCUT2D eigenvalue weighted by Crippen LogP contribution is 2.17. The smallest absolute Gasteiger partial charge is 0.0188 e. The lowest BCUT2D eigenvalue weighted by Gasteiger charge is -2.03. The Morgan fingerprint density at radius 2 is 1.36 bits per heavy atom. The third-order valence-corrected chi connectivity index (χ3v) is 3.28. The monoisotopic (exact) mass is 326 g/mol. The Morgan fingerprint density at radius 3 is 1.73 bits per heavy atom. The molecule has 1 rings (SSSR count). The lowest BCUT2D eigenvalue weighted by molar-refractivity contribution is 1.29. The molecule has 11 heavy (non-hydrogen) atoms. The van der Waals surface area contributed by atoms with Crippen LogP contribution in [0.1, 0.15) is 16.7 Å². The molecule has 0 spiro atoms. The summed E-state index contributed by atoms with van der Waals surface area (Å²) in [6, 6.07) is 4.43. The van der Waals surface area contributed by atoms with Gasteiger partial charge in [0.2, 0.25) is 0 Å². The molecule has 0 aliphatic heterocycles. The van der Waals surface area contributed by atoms with E-state index in [2.05, 4.69) is 55.5 Å². The summed E-state index contributed by atoms with van der Waals surface area (Å²) in [5.74, 6) is 0. The maximum Gasteiger partial charge on any atom is 0.0188 e. The van der Waals surface area contributed by atoms with Gasteiger partial charge in [-0.15, -0.1) is 17.0 Å². The SMILES string of the molecule is Br.Cc1cc(C)c(I)c(C)c1. The van der Waals surface area contributed by atoms with E-state index in [-0.39, 0.29) is 17.0 Å². The Balaban J connectivity index is 0.000001000. The molecule has 2 heteroatoms. The van der Waals surface area contributed by atoms with Crippen LogP contribution in [0.2, 0.25) is 0 Å². The van der Waals surface area contributed by atoms with Crippen molar-refractivity contribution in [3.63, 3.8) is 0 Å². The van der Waals surface area contributed by atoms with Crippen LogP contribution in [0.25, 0.3) is 0 Å².